The highest BCUT2D eigenvalue weighted by Crippen LogP contribution is 2.34. The summed E-state index contributed by atoms with van der Waals surface area (Å²) in [6.07, 6.45) is 6.87. The first-order chi connectivity index (χ1) is 22.5. The zero-order chi connectivity index (χ0) is 35.0. The Kier molecular flexibility index (Phi) is 15.3. The minimum Gasteiger partial charge on any atom is -0.508 e. The highest BCUT2D eigenvalue weighted by molar-refractivity contribution is 6.02. The first kappa shape index (κ1) is 38.7. The van der Waals surface area contributed by atoms with Crippen molar-refractivity contribution in [2.24, 2.45) is 10.8 Å². The lowest BCUT2D eigenvalue weighted by atomic mass is 9.87. The van der Waals surface area contributed by atoms with E-state index in [1.54, 1.807) is 52.0 Å². The SMILES string of the molecule is CCOc1cc(/C=C/C(=O)/C=C(O)/C=C/c2ccc(OC(=O)C(CC)(CO)CO)c(OCC)c2)ccc1OC(=O)C(CC)(CO)CO. The number of carbonyl (C=O) groups excluding carboxylic acids is 3. The number of carbonyl (C=O) groups is 3. The van der Waals surface area contributed by atoms with Gasteiger partial charge in [-0.3, -0.25) is 14.4 Å². The number of hydrogen-bond acceptors (Lipinski definition) is 12. The smallest absolute Gasteiger partial charge is 0.322 e. The molecule has 12 heteroatoms. The topological polar surface area (TPSA) is 189 Å². The summed E-state index contributed by atoms with van der Waals surface area (Å²) in [5.74, 6) is -1.83. The molecule has 2 aromatic rings. The van der Waals surface area contributed by atoms with Crippen LogP contribution in [0, 0.1) is 10.8 Å². The predicted molar refractivity (Wildman–Crippen MR) is 174 cm³/mol. The molecular weight excluding hydrogens is 612 g/mol. The fourth-order valence-corrected chi connectivity index (χ4v) is 4.07. The first-order valence-corrected chi connectivity index (χ1v) is 15.2. The second-order valence-corrected chi connectivity index (χ2v) is 10.6. The van der Waals surface area contributed by atoms with Gasteiger partial charge in [0.2, 0.25) is 0 Å². The molecule has 256 valence electrons. The maximum absolute atomic E-state index is 12.7. The number of hydrogen-bond donors (Lipinski definition) is 5. The zero-order valence-electron chi connectivity index (χ0n) is 27.1. The summed E-state index contributed by atoms with van der Waals surface area (Å²) in [6.45, 7) is 4.96. The van der Waals surface area contributed by atoms with Crippen molar-refractivity contribution in [3.63, 3.8) is 0 Å². The van der Waals surface area contributed by atoms with Crippen LogP contribution in [-0.4, -0.2) is 82.9 Å². The fraction of sp³-hybridized carbons (Fsp3) is 0.400. The molecule has 0 aliphatic carbocycles. The van der Waals surface area contributed by atoms with Crippen molar-refractivity contribution in [1.82, 2.24) is 0 Å². The van der Waals surface area contributed by atoms with Crippen molar-refractivity contribution in [3.8, 4) is 23.0 Å². The summed E-state index contributed by atoms with van der Waals surface area (Å²) >= 11 is 0. The van der Waals surface area contributed by atoms with E-state index in [9.17, 15) is 39.9 Å². The number of aliphatic hydroxyl groups excluding tert-OH is 5. The Labute approximate surface area is 274 Å². The van der Waals surface area contributed by atoms with Gasteiger partial charge in [0.1, 0.15) is 16.6 Å². The molecule has 5 N–H and O–H groups in total. The fourth-order valence-electron chi connectivity index (χ4n) is 4.07. The van der Waals surface area contributed by atoms with E-state index in [-0.39, 0.29) is 54.8 Å². The molecule has 0 bridgehead atoms. The van der Waals surface area contributed by atoms with Gasteiger partial charge in [0.15, 0.2) is 28.8 Å². The number of ether oxygens (including phenoxy) is 4. The van der Waals surface area contributed by atoms with Gasteiger partial charge in [-0.15, -0.1) is 0 Å². The second kappa shape index (κ2) is 18.6. The number of ketones is 1. The number of allylic oxidation sites excluding steroid dienone is 3. The van der Waals surface area contributed by atoms with E-state index in [1.807, 2.05) is 0 Å². The summed E-state index contributed by atoms with van der Waals surface area (Å²) in [4.78, 5) is 37.8. The van der Waals surface area contributed by atoms with Gasteiger partial charge in [-0.05, 0) is 74.2 Å². The van der Waals surface area contributed by atoms with Crippen molar-refractivity contribution in [2.75, 3.05) is 39.6 Å². The van der Waals surface area contributed by atoms with Crippen LogP contribution in [0.3, 0.4) is 0 Å². The lowest BCUT2D eigenvalue weighted by molar-refractivity contribution is -0.152. The number of rotatable bonds is 19. The molecule has 0 aromatic heterocycles. The molecule has 0 fully saturated rings. The molecule has 47 heavy (non-hydrogen) atoms. The van der Waals surface area contributed by atoms with Crippen LogP contribution in [0.2, 0.25) is 0 Å². The minimum absolute atomic E-state index is 0.0887. The molecule has 0 saturated heterocycles. The Hall–Kier alpha value is -4.49. The molecule has 0 atom stereocenters. The summed E-state index contributed by atoms with van der Waals surface area (Å²) in [5.41, 5.74) is -1.81. The highest BCUT2D eigenvalue weighted by atomic mass is 16.6. The van der Waals surface area contributed by atoms with Gasteiger partial charge in [0, 0.05) is 6.08 Å². The third kappa shape index (κ3) is 10.2. The zero-order valence-corrected chi connectivity index (χ0v) is 27.1. The van der Waals surface area contributed by atoms with Gasteiger partial charge in [0.25, 0.3) is 0 Å². The predicted octanol–water partition coefficient (Wildman–Crippen LogP) is 3.79. The Morgan fingerprint density at radius 2 is 1.04 bits per heavy atom. The van der Waals surface area contributed by atoms with E-state index in [1.165, 1.54) is 36.4 Å². The Morgan fingerprint density at radius 1 is 0.638 bits per heavy atom. The third-order valence-corrected chi connectivity index (χ3v) is 7.55. The molecule has 0 amide bonds. The third-order valence-electron chi connectivity index (χ3n) is 7.55. The molecule has 2 aromatic carbocycles. The molecule has 12 nitrogen and oxygen atoms in total. The van der Waals surface area contributed by atoms with Crippen molar-refractivity contribution in [1.29, 1.82) is 0 Å². The monoisotopic (exact) mass is 656 g/mol. The molecule has 0 radical (unpaired) electrons. The van der Waals surface area contributed by atoms with Gasteiger partial charge in [0.05, 0.1) is 39.6 Å². The maximum Gasteiger partial charge on any atom is 0.322 e. The van der Waals surface area contributed by atoms with E-state index in [0.29, 0.717) is 11.1 Å². The van der Waals surface area contributed by atoms with E-state index >= 15 is 0 Å². The van der Waals surface area contributed by atoms with Gasteiger partial charge >= 0.3 is 11.9 Å². The molecule has 0 saturated carbocycles. The molecule has 0 heterocycles. The number of aliphatic hydroxyl groups is 5. The van der Waals surface area contributed by atoms with E-state index < -0.39 is 55.0 Å². The lowest BCUT2D eigenvalue weighted by Gasteiger charge is -2.26. The van der Waals surface area contributed by atoms with Crippen LogP contribution in [-0.2, 0) is 14.4 Å². The highest BCUT2D eigenvalue weighted by Gasteiger charge is 2.39. The van der Waals surface area contributed by atoms with Crippen LogP contribution in [0.4, 0.5) is 0 Å². The van der Waals surface area contributed by atoms with Crippen molar-refractivity contribution >= 4 is 29.9 Å². The van der Waals surface area contributed by atoms with Crippen molar-refractivity contribution in [3.05, 3.63) is 71.5 Å². The molecule has 0 aliphatic rings. The van der Waals surface area contributed by atoms with E-state index in [4.69, 9.17) is 18.9 Å². The Bertz CT molecular complexity index is 1430. The van der Waals surface area contributed by atoms with Crippen LogP contribution in [0.15, 0.2) is 60.4 Å². The van der Waals surface area contributed by atoms with Crippen LogP contribution in [0.25, 0.3) is 12.2 Å². The quantitative estimate of drug-likeness (QED) is 0.0484. The van der Waals surface area contributed by atoms with E-state index in [0.717, 1.165) is 6.08 Å². The standard InChI is InChI=1S/C35H44O12/c1-5-34(20-36,21-37)32(42)46-28-15-11-24(17-30(28)44-7-3)9-13-26(40)19-27(41)14-10-25-12-16-29(31(18-25)45-8-4)47-33(43)35(6-2,22-38)23-39/h9-19,36-40H,5-8,20-23H2,1-4H3/b13-9+,14-10+,26-19-. The lowest BCUT2D eigenvalue weighted by Crippen LogP contribution is -2.41. The summed E-state index contributed by atoms with van der Waals surface area (Å²) in [5, 5.41) is 48.9. The second-order valence-electron chi connectivity index (χ2n) is 10.6. The largest absolute Gasteiger partial charge is 0.508 e. The van der Waals surface area contributed by atoms with Gasteiger partial charge in [-0.2, -0.15) is 0 Å². The molecule has 0 aliphatic heterocycles. The van der Waals surface area contributed by atoms with Gasteiger partial charge in [-0.1, -0.05) is 38.1 Å². The van der Waals surface area contributed by atoms with Gasteiger partial charge in [-0.25, -0.2) is 0 Å². The molecule has 2 rings (SSSR count). The van der Waals surface area contributed by atoms with Crippen molar-refractivity contribution < 1.29 is 58.9 Å². The van der Waals surface area contributed by atoms with Crippen LogP contribution in [0.1, 0.15) is 51.7 Å². The average Bonchev–Trinajstić information content (AvgIpc) is 3.07. The maximum atomic E-state index is 12.7. The normalized spacial score (nSPS) is 12.4. The summed E-state index contributed by atoms with van der Waals surface area (Å²) < 4.78 is 22.0. The summed E-state index contributed by atoms with van der Waals surface area (Å²) in [6, 6.07) is 9.24. The van der Waals surface area contributed by atoms with Crippen molar-refractivity contribution in [2.45, 2.75) is 40.5 Å². The Morgan fingerprint density at radius 3 is 1.40 bits per heavy atom. The first-order valence-electron chi connectivity index (χ1n) is 15.2. The average molecular weight is 657 g/mol. The molecular formula is C35H44O12. The van der Waals surface area contributed by atoms with Gasteiger partial charge < -0.3 is 44.5 Å². The van der Waals surface area contributed by atoms with Crippen LogP contribution >= 0.6 is 0 Å². The van der Waals surface area contributed by atoms with E-state index in [2.05, 4.69) is 0 Å². The summed E-state index contributed by atoms with van der Waals surface area (Å²) in [7, 11) is 0. The molecule has 0 spiro atoms. The number of esters is 2. The minimum atomic E-state index is -1.45. The van der Waals surface area contributed by atoms with Crippen LogP contribution in [0.5, 0.6) is 23.0 Å². The molecule has 0 unspecified atom stereocenters. The number of benzene rings is 2. The Balaban J connectivity index is 2.18. The van der Waals surface area contributed by atoms with Crippen LogP contribution < -0.4 is 18.9 Å².